The van der Waals surface area contributed by atoms with Gasteiger partial charge in [-0.1, -0.05) is 26.0 Å². The van der Waals surface area contributed by atoms with Gasteiger partial charge in [-0.05, 0) is 28.1 Å². The fraction of sp³-hybridized carbons (Fsp3) is 0.429. The van der Waals surface area contributed by atoms with Gasteiger partial charge < -0.3 is 20.5 Å². The Morgan fingerprint density at radius 2 is 2.00 bits per heavy atom. The smallest absolute Gasteiger partial charge is 0.230 e. The molecule has 1 aromatic carbocycles. The maximum atomic E-state index is 11.9. The van der Waals surface area contributed by atoms with Crippen LogP contribution in [0.1, 0.15) is 20.3 Å². The van der Waals surface area contributed by atoms with Crippen LogP contribution in [0.2, 0.25) is 0 Å². The van der Waals surface area contributed by atoms with Crippen molar-refractivity contribution in [1.82, 2.24) is 0 Å². The molecule has 3 N–H and O–H groups in total. The number of amides is 1. The number of quaternary nitrogens is 1. The molecule has 20 heavy (non-hydrogen) atoms. The third kappa shape index (κ3) is 5.71. The molecule has 0 fully saturated rings. The second kappa shape index (κ2) is 8.01. The van der Waals surface area contributed by atoms with Crippen molar-refractivity contribution in [3.8, 4) is 0 Å². The summed E-state index contributed by atoms with van der Waals surface area (Å²) in [6.07, 6.45) is -0.115. The molecule has 110 valence electrons. The van der Waals surface area contributed by atoms with E-state index >= 15 is 0 Å². The van der Waals surface area contributed by atoms with E-state index in [0.29, 0.717) is 18.2 Å². The number of nitrogens with one attached hydrogen (secondary N) is 1. The Hall–Kier alpha value is -1.40. The van der Waals surface area contributed by atoms with Gasteiger partial charge in [-0.3, -0.25) is 4.79 Å². The zero-order valence-electron chi connectivity index (χ0n) is 11.6. The first kappa shape index (κ1) is 16.7. The zero-order chi connectivity index (χ0) is 15.1. The summed E-state index contributed by atoms with van der Waals surface area (Å²) < 4.78 is 0.754. The Bertz CT molecular complexity index is 477. The van der Waals surface area contributed by atoms with Gasteiger partial charge in [0, 0.05) is 10.4 Å². The number of rotatable bonds is 7. The van der Waals surface area contributed by atoms with Gasteiger partial charge >= 0.3 is 0 Å². The second-order valence-electron chi connectivity index (χ2n) is 5.02. The van der Waals surface area contributed by atoms with E-state index in [-0.39, 0.29) is 12.3 Å². The summed E-state index contributed by atoms with van der Waals surface area (Å²) in [5.74, 6) is -1.21. The molecule has 1 atom stereocenters. The fourth-order valence-electron chi connectivity index (χ4n) is 1.66. The monoisotopic (exact) mass is 342 g/mol. The Morgan fingerprint density at radius 3 is 2.55 bits per heavy atom. The predicted molar refractivity (Wildman–Crippen MR) is 77.8 cm³/mol. The number of carbonyl (C=O) groups is 2. The van der Waals surface area contributed by atoms with E-state index < -0.39 is 12.0 Å². The lowest BCUT2D eigenvalue weighted by atomic mass is 10.1. The lowest BCUT2D eigenvalue weighted by molar-refractivity contribution is -0.686. The molecule has 0 spiro atoms. The number of nitrogens with two attached hydrogens (primary N) is 1. The first-order valence-electron chi connectivity index (χ1n) is 6.48. The lowest BCUT2D eigenvalue weighted by Crippen LogP contribution is -2.94. The van der Waals surface area contributed by atoms with Gasteiger partial charge in [0.2, 0.25) is 5.91 Å². The zero-order valence-corrected chi connectivity index (χ0v) is 13.1. The van der Waals surface area contributed by atoms with Crippen molar-refractivity contribution < 1.29 is 20.0 Å². The molecule has 0 heterocycles. The SMILES string of the molecule is CC(C)C[NH2+][C@@H](CC(=O)Nc1ccccc1Br)C(=O)[O-]. The van der Waals surface area contributed by atoms with Crippen molar-refractivity contribution >= 4 is 33.5 Å². The molecule has 0 aliphatic rings. The minimum atomic E-state index is -1.21. The molecule has 0 bridgehead atoms. The van der Waals surface area contributed by atoms with Gasteiger partial charge in [0.15, 0.2) is 0 Å². The molecule has 0 aromatic heterocycles. The van der Waals surface area contributed by atoms with E-state index in [4.69, 9.17) is 0 Å². The summed E-state index contributed by atoms with van der Waals surface area (Å²) in [6, 6.07) is 6.31. The van der Waals surface area contributed by atoms with Crippen LogP contribution in [-0.2, 0) is 9.59 Å². The fourth-order valence-corrected chi connectivity index (χ4v) is 2.05. The number of halogens is 1. The van der Waals surface area contributed by atoms with Crippen LogP contribution in [0.15, 0.2) is 28.7 Å². The number of hydrogen-bond donors (Lipinski definition) is 2. The molecule has 1 aromatic rings. The van der Waals surface area contributed by atoms with Crippen molar-refractivity contribution in [3.05, 3.63) is 28.7 Å². The molecule has 0 saturated heterocycles. The van der Waals surface area contributed by atoms with Crippen LogP contribution in [0.25, 0.3) is 0 Å². The topological polar surface area (TPSA) is 85.8 Å². The largest absolute Gasteiger partial charge is 0.544 e. The minimum Gasteiger partial charge on any atom is -0.544 e. The second-order valence-corrected chi connectivity index (χ2v) is 5.88. The summed E-state index contributed by atoms with van der Waals surface area (Å²) >= 11 is 3.32. The van der Waals surface area contributed by atoms with Crippen molar-refractivity contribution in [2.24, 2.45) is 5.92 Å². The summed E-state index contributed by atoms with van der Waals surface area (Å²) in [4.78, 5) is 22.9. The Labute approximate surface area is 126 Å². The maximum absolute atomic E-state index is 11.9. The van der Waals surface area contributed by atoms with Gasteiger partial charge in [0.1, 0.15) is 6.04 Å². The normalized spacial score (nSPS) is 12.2. The number of carbonyl (C=O) groups excluding carboxylic acids is 2. The Kier molecular flexibility index (Phi) is 6.67. The molecular formula is C14H19BrN2O3. The highest BCUT2D eigenvalue weighted by Gasteiger charge is 2.19. The molecule has 0 radical (unpaired) electrons. The van der Waals surface area contributed by atoms with Crippen molar-refractivity contribution in [2.45, 2.75) is 26.3 Å². The number of carboxylic acids is 1. The molecule has 0 aliphatic carbocycles. The van der Waals surface area contributed by atoms with Crippen LogP contribution in [0.5, 0.6) is 0 Å². The highest BCUT2D eigenvalue weighted by atomic mass is 79.9. The van der Waals surface area contributed by atoms with Gasteiger partial charge in [-0.25, -0.2) is 0 Å². The van der Waals surface area contributed by atoms with E-state index in [2.05, 4.69) is 21.2 Å². The van der Waals surface area contributed by atoms with Crippen molar-refractivity contribution in [3.63, 3.8) is 0 Å². The van der Waals surface area contributed by atoms with E-state index in [1.165, 1.54) is 0 Å². The Balaban J connectivity index is 2.58. The van der Waals surface area contributed by atoms with E-state index in [0.717, 1.165) is 4.47 Å². The van der Waals surface area contributed by atoms with Gasteiger partial charge in [-0.2, -0.15) is 0 Å². The standard InChI is InChI=1S/C14H19BrN2O3/c1-9(2)8-16-12(14(19)20)7-13(18)17-11-6-4-3-5-10(11)15/h3-6,9,12,16H,7-8H2,1-2H3,(H,17,18)(H,19,20)/t12-/m0/s1. The van der Waals surface area contributed by atoms with Crippen LogP contribution in [0.3, 0.4) is 0 Å². The Morgan fingerprint density at radius 1 is 1.35 bits per heavy atom. The number of carboxylic acid groups (broad SMARTS) is 1. The molecule has 1 amide bonds. The highest BCUT2D eigenvalue weighted by molar-refractivity contribution is 9.10. The van der Waals surface area contributed by atoms with Crippen LogP contribution in [-0.4, -0.2) is 24.5 Å². The van der Waals surface area contributed by atoms with Crippen LogP contribution in [0.4, 0.5) is 5.69 Å². The molecule has 0 unspecified atom stereocenters. The van der Waals surface area contributed by atoms with Gasteiger partial charge in [0.25, 0.3) is 0 Å². The van der Waals surface area contributed by atoms with Gasteiger partial charge in [-0.15, -0.1) is 0 Å². The molecule has 1 rings (SSSR count). The van der Waals surface area contributed by atoms with E-state index in [1.54, 1.807) is 23.5 Å². The molecule has 6 heteroatoms. The number of anilines is 1. The average Bonchev–Trinajstić information content (AvgIpc) is 2.36. The third-order valence-corrected chi connectivity index (χ3v) is 3.44. The van der Waals surface area contributed by atoms with E-state index in [9.17, 15) is 14.7 Å². The summed E-state index contributed by atoms with van der Waals surface area (Å²) in [5, 5.41) is 15.4. The van der Waals surface area contributed by atoms with Crippen LogP contribution in [0, 0.1) is 5.92 Å². The third-order valence-electron chi connectivity index (χ3n) is 2.75. The van der Waals surface area contributed by atoms with Crippen LogP contribution < -0.4 is 15.7 Å². The van der Waals surface area contributed by atoms with Gasteiger partial charge in [0.05, 0.1) is 24.6 Å². The summed E-state index contributed by atoms with van der Waals surface area (Å²) in [7, 11) is 0. The van der Waals surface area contributed by atoms with Crippen molar-refractivity contribution in [1.29, 1.82) is 0 Å². The molecular weight excluding hydrogens is 324 g/mol. The number of aliphatic carboxylic acids is 1. The molecule has 0 saturated carbocycles. The van der Waals surface area contributed by atoms with Crippen molar-refractivity contribution in [2.75, 3.05) is 11.9 Å². The minimum absolute atomic E-state index is 0.115. The number of benzene rings is 1. The maximum Gasteiger partial charge on any atom is 0.230 e. The predicted octanol–water partition coefficient (Wildman–Crippen LogP) is 0.116. The van der Waals surface area contributed by atoms with Crippen LogP contribution >= 0.6 is 15.9 Å². The molecule has 0 aliphatic heterocycles. The number of hydrogen-bond acceptors (Lipinski definition) is 3. The summed E-state index contributed by atoms with van der Waals surface area (Å²) in [6.45, 7) is 4.62. The highest BCUT2D eigenvalue weighted by Crippen LogP contribution is 2.21. The van der Waals surface area contributed by atoms with E-state index in [1.807, 2.05) is 19.9 Å². The molecule has 5 nitrogen and oxygen atoms in total. The average molecular weight is 343 g/mol. The first-order chi connectivity index (χ1) is 9.40. The summed E-state index contributed by atoms with van der Waals surface area (Å²) in [5.41, 5.74) is 0.624. The lowest BCUT2D eigenvalue weighted by Gasteiger charge is -2.17. The first-order valence-corrected chi connectivity index (χ1v) is 7.28. The quantitative estimate of drug-likeness (QED) is 0.737. The number of para-hydroxylation sites is 1.